The van der Waals surface area contributed by atoms with Crippen molar-refractivity contribution in [1.82, 2.24) is 14.9 Å². The topological polar surface area (TPSA) is 59.4 Å². The molecule has 1 N–H and O–H groups in total. The fourth-order valence-corrected chi connectivity index (χ4v) is 4.99. The summed E-state index contributed by atoms with van der Waals surface area (Å²) in [5.41, 5.74) is 5.37. The molecule has 0 saturated carbocycles. The average molecular weight is 483 g/mol. The Balaban J connectivity index is 1.67. The summed E-state index contributed by atoms with van der Waals surface area (Å²) >= 11 is 5.86. The molecule has 0 spiro atoms. The second-order valence-corrected chi connectivity index (χ2v) is 8.72. The highest BCUT2D eigenvalue weighted by atomic mass is 32.1. The number of nitrogens with one attached hydrogen (secondary N) is 1. The number of esters is 1. The first kappa shape index (κ1) is 22.8. The summed E-state index contributed by atoms with van der Waals surface area (Å²) < 4.78 is 7.09. The monoisotopic (exact) mass is 482 g/mol. The Labute approximate surface area is 210 Å². The summed E-state index contributed by atoms with van der Waals surface area (Å²) in [6.45, 7) is 2.14. The van der Waals surface area contributed by atoms with Gasteiger partial charge in [-0.05, 0) is 72.7 Å². The van der Waals surface area contributed by atoms with Crippen LogP contribution in [0.3, 0.4) is 0 Å². The highest BCUT2D eigenvalue weighted by Crippen LogP contribution is 2.42. The second-order valence-electron chi connectivity index (χ2n) is 8.33. The maximum Gasteiger partial charge on any atom is 0.339 e. The maximum atomic E-state index is 12.6. The van der Waals surface area contributed by atoms with Gasteiger partial charge in [0.25, 0.3) is 0 Å². The molecule has 35 heavy (non-hydrogen) atoms. The molecule has 1 fully saturated rings. The first-order valence-electron chi connectivity index (χ1n) is 11.6. The molecule has 1 aliphatic heterocycles. The average Bonchev–Trinajstić information content (AvgIpc) is 3.53. The zero-order chi connectivity index (χ0) is 24.4. The standard InChI is InChI=1S/C28H26N4O2S/c1-3-19-13-15-20(16-14-19)32-26(25(30-28(32)35)22-10-6-7-17-29-22)24-12-8-18-31(24)23-11-5-4-9-21(23)27(33)34-2/h4-18,25-26H,3H2,1-2H3,(H,30,35)/t25-,26-/m0/s1. The van der Waals surface area contributed by atoms with Crippen molar-refractivity contribution in [3.63, 3.8) is 0 Å². The van der Waals surface area contributed by atoms with Crippen LogP contribution in [-0.4, -0.2) is 27.7 Å². The quantitative estimate of drug-likeness (QED) is 0.293. The van der Waals surface area contributed by atoms with Crippen LogP contribution in [0.1, 0.15) is 46.3 Å². The zero-order valence-electron chi connectivity index (χ0n) is 19.6. The molecule has 176 valence electrons. The summed E-state index contributed by atoms with van der Waals surface area (Å²) in [6, 6.07) is 25.5. The molecule has 2 aromatic carbocycles. The van der Waals surface area contributed by atoms with Gasteiger partial charge in [0.1, 0.15) is 6.04 Å². The molecule has 4 aromatic rings. The van der Waals surface area contributed by atoms with Crippen LogP contribution in [0.15, 0.2) is 91.3 Å². The van der Waals surface area contributed by atoms with Crippen molar-refractivity contribution in [2.75, 3.05) is 12.0 Å². The molecular formula is C28H26N4O2S. The molecule has 5 rings (SSSR count). The highest BCUT2D eigenvalue weighted by Gasteiger charge is 2.42. The van der Waals surface area contributed by atoms with E-state index in [0.717, 1.165) is 29.2 Å². The minimum Gasteiger partial charge on any atom is -0.465 e. The molecule has 7 heteroatoms. The van der Waals surface area contributed by atoms with Gasteiger partial charge in [-0.25, -0.2) is 4.79 Å². The van der Waals surface area contributed by atoms with E-state index in [9.17, 15) is 4.79 Å². The van der Waals surface area contributed by atoms with Crippen LogP contribution < -0.4 is 10.2 Å². The lowest BCUT2D eigenvalue weighted by Gasteiger charge is -2.29. The van der Waals surface area contributed by atoms with Gasteiger partial charge < -0.3 is 19.5 Å². The lowest BCUT2D eigenvalue weighted by atomic mass is 10.00. The number of nitrogens with zero attached hydrogens (tertiary/aromatic N) is 3. The van der Waals surface area contributed by atoms with E-state index >= 15 is 0 Å². The van der Waals surface area contributed by atoms with E-state index in [1.54, 1.807) is 12.3 Å². The molecule has 0 radical (unpaired) electrons. The molecule has 1 saturated heterocycles. The van der Waals surface area contributed by atoms with E-state index in [4.69, 9.17) is 17.0 Å². The van der Waals surface area contributed by atoms with Gasteiger partial charge in [0.05, 0.1) is 30.1 Å². The van der Waals surface area contributed by atoms with E-state index in [1.807, 2.05) is 53.2 Å². The Morgan fingerprint density at radius 3 is 2.51 bits per heavy atom. The number of thiocarbonyl (C=S) groups is 1. The second kappa shape index (κ2) is 9.72. The number of benzene rings is 2. The van der Waals surface area contributed by atoms with E-state index in [-0.39, 0.29) is 18.1 Å². The van der Waals surface area contributed by atoms with Crippen molar-refractivity contribution in [1.29, 1.82) is 0 Å². The summed E-state index contributed by atoms with van der Waals surface area (Å²) in [5, 5.41) is 4.13. The Morgan fingerprint density at radius 2 is 1.80 bits per heavy atom. The van der Waals surface area contributed by atoms with E-state index < -0.39 is 0 Å². The maximum absolute atomic E-state index is 12.6. The zero-order valence-corrected chi connectivity index (χ0v) is 20.4. The third kappa shape index (κ3) is 4.19. The fraction of sp³-hybridized carbons (Fsp3) is 0.179. The molecule has 0 unspecified atom stereocenters. The van der Waals surface area contributed by atoms with Gasteiger partial charge in [0.15, 0.2) is 5.11 Å². The van der Waals surface area contributed by atoms with Gasteiger partial charge in [-0.2, -0.15) is 0 Å². The smallest absolute Gasteiger partial charge is 0.339 e. The van der Waals surface area contributed by atoms with Gasteiger partial charge in [0, 0.05) is 23.8 Å². The highest BCUT2D eigenvalue weighted by molar-refractivity contribution is 7.80. The Hall–Kier alpha value is -3.97. The van der Waals surface area contributed by atoms with E-state index in [1.165, 1.54) is 12.7 Å². The van der Waals surface area contributed by atoms with E-state index in [2.05, 4.69) is 52.5 Å². The van der Waals surface area contributed by atoms with E-state index in [0.29, 0.717) is 10.7 Å². The van der Waals surface area contributed by atoms with Gasteiger partial charge in [-0.1, -0.05) is 37.3 Å². The number of rotatable bonds is 6. The summed E-state index contributed by atoms with van der Waals surface area (Å²) in [7, 11) is 1.40. The third-order valence-electron chi connectivity index (χ3n) is 6.37. The van der Waals surface area contributed by atoms with Crippen molar-refractivity contribution in [2.45, 2.75) is 25.4 Å². The largest absolute Gasteiger partial charge is 0.465 e. The molecule has 0 bridgehead atoms. The number of carbonyl (C=O) groups excluding carboxylic acids is 1. The first-order valence-corrected chi connectivity index (χ1v) is 12.0. The van der Waals surface area contributed by atoms with Crippen LogP contribution >= 0.6 is 12.2 Å². The van der Waals surface area contributed by atoms with Crippen LogP contribution in [0.2, 0.25) is 0 Å². The molecule has 2 atom stereocenters. The number of anilines is 1. The van der Waals surface area contributed by atoms with Gasteiger partial charge in [-0.3, -0.25) is 4.98 Å². The van der Waals surface area contributed by atoms with Crippen LogP contribution in [0.5, 0.6) is 0 Å². The normalized spacial score (nSPS) is 17.3. The van der Waals surface area contributed by atoms with Gasteiger partial charge in [-0.15, -0.1) is 0 Å². The van der Waals surface area contributed by atoms with Crippen molar-refractivity contribution < 1.29 is 9.53 Å². The van der Waals surface area contributed by atoms with Crippen LogP contribution in [0.25, 0.3) is 5.69 Å². The molecule has 0 amide bonds. The summed E-state index contributed by atoms with van der Waals surface area (Å²) in [5.74, 6) is -0.381. The van der Waals surface area contributed by atoms with Crippen LogP contribution in [-0.2, 0) is 11.2 Å². The predicted octanol–water partition coefficient (Wildman–Crippen LogP) is 5.40. The Kier molecular flexibility index (Phi) is 6.33. The van der Waals surface area contributed by atoms with Crippen LogP contribution in [0.4, 0.5) is 5.69 Å². The number of carbonyl (C=O) groups is 1. The molecule has 2 aromatic heterocycles. The van der Waals surface area contributed by atoms with Gasteiger partial charge in [0.2, 0.25) is 0 Å². The summed E-state index contributed by atoms with van der Waals surface area (Å²) in [6.07, 6.45) is 4.73. The SMILES string of the molecule is CCc1ccc(N2C(=S)N[C@@H](c3ccccn3)[C@@H]2c2cccn2-c2ccccc2C(=O)OC)cc1. The van der Waals surface area contributed by atoms with Crippen molar-refractivity contribution in [2.24, 2.45) is 0 Å². The first-order chi connectivity index (χ1) is 17.1. The number of aryl methyl sites for hydroxylation is 1. The molecule has 3 heterocycles. The fourth-order valence-electron chi connectivity index (χ4n) is 4.65. The van der Waals surface area contributed by atoms with Gasteiger partial charge >= 0.3 is 5.97 Å². The minimum atomic E-state index is -0.381. The molecule has 1 aliphatic rings. The third-order valence-corrected chi connectivity index (χ3v) is 6.69. The number of pyridine rings is 1. The number of hydrogen-bond donors (Lipinski definition) is 1. The number of aromatic nitrogens is 2. The number of ether oxygens (including phenoxy) is 1. The Bertz CT molecular complexity index is 1350. The number of hydrogen-bond acceptors (Lipinski definition) is 4. The Morgan fingerprint density at radius 1 is 1.03 bits per heavy atom. The number of para-hydroxylation sites is 1. The molecule has 6 nitrogen and oxygen atoms in total. The summed E-state index contributed by atoms with van der Waals surface area (Å²) in [4.78, 5) is 19.3. The molecule has 0 aliphatic carbocycles. The predicted molar refractivity (Wildman–Crippen MR) is 141 cm³/mol. The lowest BCUT2D eigenvalue weighted by Crippen LogP contribution is -2.30. The molecular weight excluding hydrogens is 456 g/mol. The van der Waals surface area contributed by atoms with Crippen LogP contribution in [0, 0.1) is 0 Å². The van der Waals surface area contributed by atoms with Crippen molar-refractivity contribution in [3.05, 3.63) is 114 Å². The number of methoxy groups -OCH3 is 1. The van der Waals surface area contributed by atoms with Crippen molar-refractivity contribution >= 4 is 29.0 Å². The van der Waals surface area contributed by atoms with Crippen molar-refractivity contribution in [3.8, 4) is 5.69 Å². The lowest BCUT2D eigenvalue weighted by molar-refractivity contribution is 0.0600. The minimum absolute atomic E-state index is 0.187.